The zero-order valence-electron chi connectivity index (χ0n) is 11.0. The molecule has 3 rings (SSSR count). The summed E-state index contributed by atoms with van der Waals surface area (Å²) in [6, 6.07) is 16.9. The Morgan fingerprint density at radius 2 is 1.86 bits per heavy atom. The maximum Gasteiger partial charge on any atom is 0.198 e. The molecule has 0 aliphatic rings. The molecule has 1 aromatic heterocycles. The molecule has 0 atom stereocenters. The van der Waals surface area contributed by atoms with Crippen molar-refractivity contribution in [3.63, 3.8) is 0 Å². The Balaban J connectivity index is 2.01. The van der Waals surface area contributed by atoms with Gasteiger partial charge in [0.15, 0.2) is 5.78 Å². The number of para-hydroxylation sites is 1. The monoisotopic (exact) mass is 389 g/mol. The summed E-state index contributed by atoms with van der Waals surface area (Å²) in [5.74, 6) is 0.234. The molecule has 0 saturated heterocycles. The van der Waals surface area contributed by atoms with Gasteiger partial charge in [-0.15, -0.1) is 0 Å². The summed E-state index contributed by atoms with van der Waals surface area (Å²) in [5.41, 5.74) is 7.95. The van der Waals surface area contributed by atoms with Crippen LogP contribution in [-0.4, -0.2) is 15.6 Å². The van der Waals surface area contributed by atoms with E-state index in [0.717, 1.165) is 9.26 Å². The van der Waals surface area contributed by atoms with Gasteiger partial charge in [0, 0.05) is 9.13 Å². The summed E-state index contributed by atoms with van der Waals surface area (Å²) in [7, 11) is 0. The van der Waals surface area contributed by atoms with Crippen LogP contribution in [0.1, 0.15) is 15.9 Å². The summed E-state index contributed by atoms with van der Waals surface area (Å²) in [4.78, 5) is 12.5. The summed E-state index contributed by atoms with van der Waals surface area (Å²) >= 11 is 2.18. The predicted molar refractivity (Wildman–Crippen MR) is 90.6 cm³/mol. The predicted octanol–water partition coefficient (Wildman–Crippen LogP) is 3.29. The van der Waals surface area contributed by atoms with Crippen LogP contribution in [-0.2, 0) is 0 Å². The second-order valence-electron chi connectivity index (χ2n) is 4.53. The van der Waals surface area contributed by atoms with E-state index in [1.165, 1.54) is 6.20 Å². The largest absolute Gasteiger partial charge is 0.383 e. The van der Waals surface area contributed by atoms with Crippen molar-refractivity contribution in [1.29, 1.82) is 0 Å². The van der Waals surface area contributed by atoms with Crippen molar-refractivity contribution >= 4 is 34.2 Å². The molecule has 2 aromatic carbocycles. The summed E-state index contributed by atoms with van der Waals surface area (Å²) in [5, 5.41) is 4.22. The van der Waals surface area contributed by atoms with Crippen molar-refractivity contribution in [3.05, 3.63) is 75.5 Å². The van der Waals surface area contributed by atoms with Gasteiger partial charge < -0.3 is 5.73 Å². The Morgan fingerprint density at radius 3 is 2.57 bits per heavy atom. The quantitative estimate of drug-likeness (QED) is 0.553. The number of hydrogen-bond donors (Lipinski definition) is 1. The van der Waals surface area contributed by atoms with Crippen LogP contribution >= 0.6 is 22.6 Å². The number of nitrogens with two attached hydrogens (primary N) is 1. The standard InChI is InChI=1S/C16H12IN3O/c17-12-6-4-5-11(9-12)15(21)14-10-19-20(16(14)18)13-7-2-1-3-8-13/h1-10H,18H2. The first-order chi connectivity index (χ1) is 10.2. The zero-order valence-corrected chi connectivity index (χ0v) is 13.2. The Bertz CT molecular complexity index is 796. The number of hydrogen-bond acceptors (Lipinski definition) is 3. The second-order valence-corrected chi connectivity index (χ2v) is 5.78. The number of ketones is 1. The summed E-state index contributed by atoms with van der Waals surface area (Å²) in [6.45, 7) is 0. The molecule has 21 heavy (non-hydrogen) atoms. The van der Waals surface area contributed by atoms with Crippen LogP contribution in [0, 0.1) is 3.57 Å². The van der Waals surface area contributed by atoms with E-state index in [-0.39, 0.29) is 5.78 Å². The van der Waals surface area contributed by atoms with Gasteiger partial charge in [0.25, 0.3) is 0 Å². The van der Waals surface area contributed by atoms with Crippen LogP contribution in [0.15, 0.2) is 60.8 Å². The molecule has 0 amide bonds. The smallest absolute Gasteiger partial charge is 0.198 e. The van der Waals surface area contributed by atoms with Gasteiger partial charge in [0.2, 0.25) is 0 Å². The molecule has 0 spiro atoms. The molecule has 0 radical (unpaired) electrons. The molecule has 0 aliphatic heterocycles. The Hall–Kier alpha value is -2.15. The molecule has 104 valence electrons. The number of aromatic nitrogens is 2. The fourth-order valence-electron chi connectivity index (χ4n) is 2.09. The number of halogens is 1. The molecule has 4 nitrogen and oxygen atoms in total. The van der Waals surface area contributed by atoms with Crippen LogP contribution in [0.25, 0.3) is 5.69 Å². The van der Waals surface area contributed by atoms with Crippen molar-refractivity contribution in [1.82, 2.24) is 9.78 Å². The van der Waals surface area contributed by atoms with Crippen LogP contribution < -0.4 is 5.73 Å². The average Bonchev–Trinajstić information content (AvgIpc) is 2.89. The van der Waals surface area contributed by atoms with Gasteiger partial charge in [-0.1, -0.05) is 30.3 Å². The molecule has 5 heteroatoms. The number of benzene rings is 2. The minimum atomic E-state index is -0.117. The average molecular weight is 389 g/mol. The minimum Gasteiger partial charge on any atom is -0.383 e. The van der Waals surface area contributed by atoms with Crippen molar-refractivity contribution < 1.29 is 4.79 Å². The van der Waals surface area contributed by atoms with E-state index in [0.29, 0.717) is 16.9 Å². The third kappa shape index (κ3) is 2.69. The lowest BCUT2D eigenvalue weighted by Crippen LogP contribution is -2.07. The van der Waals surface area contributed by atoms with E-state index in [9.17, 15) is 4.79 Å². The number of carbonyl (C=O) groups excluding carboxylic acids is 1. The molecule has 3 aromatic rings. The number of nitrogen functional groups attached to an aromatic ring is 1. The van der Waals surface area contributed by atoms with Crippen LogP contribution in [0.3, 0.4) is 0 Å². The van der Waals surface area contributed by atoms with Crippen molar-refractivity contribution in [2.24, 2.45) is 0 Å². The first-order valence-electron chi connectivity index (χ1n) is 6.36. The molecule has 2 N–H and O–H groups in total. The van der Waals surface area contributed by atoms with E-state index in [1.54, 1.807) is 10.7 Å². The highest BCUT2D eigenvalue weighted by molar-refractivity contribution is 14.1. The first kappa shape index (κ1) is 13.8. The highest BCUT2D eigenvalue weighted by atomic mass is 127. The van der Waals surface area contributed by atoms with Gasteiger partial charge in [0.05, 0.1) is 17.4 Å². The third-order valence-electron chi connectivity index (χ3n) is 3.14. The second kappa shape index (κ2) is 5.69. The number of rotatable bonds is 3. The maximum absolute atomic E-state index is 12.5. The van der Waals surface area contributed by atoms with Gasteiger partial charge in [-0.2, -0.15) is 5.10 Å². The first-order valence-corrected chi connectivity index (χ1v) is 7.44. The number of anilines is 1. The topological polar surface area (TPSA) is 60.9 Å². The molecular formula is C16H12IN3O. The molecular weight excluding hydrogens is 377 g/mol. The highest BCUT2D eigenvalue weighted by Gasteiger charge is 2.17. The van der Waals surface area contributed by atoms with E-state index < -0.39 is 0 Å². The molecule has 0 fully saturated rings. The van der Waals surface area contributed by atoms with Crippen molar-refractivity contribution in [2.45, 2.75) is 0 Å². The van der Waals surface area contributed by atoms with Crippen LogP contribution in [0.2, 0.25) is 0 Å². The van der Waals surface area contributed by atoms with E-state index >= 15 is 0 Å². The Labute approximate surface area is 135 Å². The van der Waals surface area contributed by atoms with Gasteiger partial charge in [-0.3, -0.25) is 4.79 Å². The van der Waals surface area contributed by atoms with Crippen LogP contribution in [0.4, 0.5) is 5.82 Å². The van der Waals surface area contributed by atoms with Gasteiger partial charge in [-0.05, 0) is 46.9 Å². The fourth-order valence-corrected chi connectivity index (χ4v) is 2.64. The zero-order chi connectivity index (χ0) is 14.8. The molecule has 0 unspecified atom stereocenters. The van der Waals surface area contributed by atoms with Crippen molar-refractivity contribution in [3.8, 4) is 5.69 Å². The van der Waals surface area contributed by atoms with Gasteiger partial charge >= 0.3 is 0 Å². The lowest BCUT2D eigenvalue weighted by atomic mass is 10.1. The summed E-state index contributed by atoms with van der Waals surface area (Å²) < 4.78 is 2.58. The fraction of sp³-hybridized carbons (Fsp3) is 0. The lowest BCUT2D eigenvalue weighted by molar-refractivity contribution is 0.103. The van der Waals surface area contributed by atoms with Crippen molar-refractivity contribution in [2.75, 3.05) is 5.73 Å². The number of carbonyl (C=O) groups is 1. The maximum atomic E-state index is 12.5. The normalized spacial score (nSPS) is 10.5. The number of nitrogens with zero attached hydrogens (tertiary/aromatic N) is 2. The molecule has 1 heterocycles. The minimum absolute atomic E-state index is 0.117. The van der Waals surface area contributed by atoms with Crippen LogP contribution in [0.5, 0.6) is 0 Å². The van der Waals surface area contributed by atoms with E-state index in [2.05, 4.69) is 27.7 Å². The Kier molecular flexibility index (Phi) is 3.74. The van der Waals surface area contributed by atoms with E-state index in [1.807, 2.05) is 48.5 Å². The molecule has 0 saturated carbocycles. The highest BCUT2D eigenvalue weighted by Crippen LogP contribution is 2.20. The van der Waals surface area contributed by atoms with E-state index in [4.69, 9.17) is 5.73 Å². The van der Waals surface area contributed by atoms with Gasteiger partial charge in [-0.25, -0.2) is 4.68 Å². The lowest BCUT2D eigenvalue weighted by Gasteiger charge is -2.05. The van der Waals surface area contributed by atoms with Gasteiger partial charge in [0.1, 0.15) is 5.82 Å². The summed E-state index contributed by atoms with van der Waals surface area (Å²) in [6.07, 6.45) is 1.52. The third-order valence-corrected chi connectivity index (χ3v) is 3.81. The molecule has 0 bridgehead atoms. The molecule has 0 aliphatic carbocycles. The SMILES string of the molecule is Nc1c(C(=O)c2cccc(I)c2)cnn1-c1ccccc1. The Morgan fingerprint density at radius 1 is 1.10 bits per heavy atom.